The Kier molecular flexibility index (Phi) is 15.7. The third kappa shape index (κ3) is 11.0. The molecule has 0 N–H and O–H groups in total. The van der Waals surface area contributed by atoms with Crippen LogP contribution in [0.4, 0.5) is 51.2 Å². The van der Waals surface area contributed by atoms with Gasteiger partial charge in [-0.05, 0) is 173 Å². The molecule has 0 unspecified atom stereocenters. The average molecular weight is 1250 g/mol. The van der Waals surface area contributed by atoms with Crippen LogP contribution in [0.5, 0.6) is 0 Å². The predicted molar refractivity (Wildman–Crippen MR) is 435 cm³/mol. The van der Waals surface area contributed by atoms with Gasteiger partial charge in [0.1, 0.15) is 0 Å². The van der Waals surface area contributed by atoms with Crippen molar-refractivity contribution >= 4 is 192 Å². The number of anilines is 9. The summed E-state index contributed by atoms with van der Waals surface area (Å²) >= 11 is 0. The third-order valence-corrected chi connectivity index (χ3v) is 21.1. The fourth-order valence-electron chi connectivity index (χ4n) is 16.2. The second kappa shape index (κ2) is 23.2. The molecule has 2 aliphatic carbocycles. The maximum absolute atomic E-state index is 7.08. The smallest absolute Gasteiger partial charge is 0.252 e. The topological polar surface area (TPSA) is 9.72 Å². The van der Waals surface area contributed by atoms with Gasteiger partial charge < -0.3 is 14.7 Å². The van der Waals surface area contributed by atoms with E-state index in [1.165, 1.54) is 33.4 Å². The average Bonchev–Trinajstić information content (AvgIpc) is 1.19. The molecule has 2 aliphatic heterocycles. The number of benzene rings is 11. The summed E-state index contributed by atoms with van der Waals surface area (Å²) < 4.78 is 0. The van der Waals surface area contributed by atoms with Gasteiger partial charge >= 0.3 is 0 Å². The predicted octanol–water partition coefficient (Wildman–Crippen LogP) is 11.6. The van der Waals surface area contributed by atoms with Crippen LogP contribution >= 0.6 is 0 Å². The van der Waals surface area contributed by atoms with E-state index in [0.717, 1.165) is 67.2 Å². The Morgan fingerprint density at radius 3 is 1.07 bits per heavy atom. The number of rotatable bonds is 12. The molecule has 0 atom stereocenters. The van der Waals surface area contributed by atoms with Crippen molar-refractivity contribution in [3.8, 4) is 44.5 Å². The van der Waals surface area contributed by atoms with Crippen LogP contribution in [0, 0.1) is 0 Å². The van der Waals surface area contributed by atoms with Gasteiger partial charge in [-0.15, -0.1) is 25.6 Å². The molecule has 0 bridgehead atoms. The molecule has 100 heavy (non-hydrogen) atoms. The Morgan fingerprint density at radius 1 is 0.320 bits per heavy atom. The lowest BCUT2D eigenvalue weighted by molar-refractivity contribution is 0.590. The normalized spacial score (nSPS) is 14.8. The summed E-state index contributed by atoms with van der Waals surface area (Å²) in [7, 11) is 105. The zero-order chi connectivity index (χ0) is 71.1. The van der Waals surface area contributed by atoms with E-state index in [4.69, 9.17) is 118 Å². The van der Waals surface area contributed by atoms with Gasteiger partial charge in [0.15, 0.2) is 0 Å². The molecule has 0 aromatic heterocycles. The van der Waals surface area contributed by atoms with Crippen molar-refractivity contribution in [2.45, 2.75) is 90.3 Å². The van der Waals surface area contributed by atoms with Crippen molar-refractivity contribution < 1.29 is 0 Å². The van der Waals surface area contributed by atoms with Gasteiger partial charge in [-0.1, -0.05) is 216 Å². The van der Waals surface area contributed by atoms with Crippen LogP contribution in [0.15, 0.2) is 218 Å². The molecule has 4 aliphatic rings. The Bertz CT molecular complexity index is 5000. The lowest BCUT2D eigenvalue weighted by Crippen LogP contribution is -2.61. The molecule has 3 nitrogen and oxygen atoms in total. The van der Waals surface area contributed by atoms with Gasteiger partial charge in [0.05, 0.1) is 118 Å². The summed E-state index contributed by atoms with van der Waals surface area (Å²) in [5.41, 5.74) is 22.7. The molecule has 0 spiro atoms. The van der Waals surface area contributed by atoms with E-state index in [1.54, 1.807) is 24.3 Å². The first-order valence-corrected chi connectivity index (χ1v) is 33.6. The molecule has 444 valence electrons. The summed E-state index contributed by atoms with van der Waals surface area (Å²) in [6.45, 7) is 15.4. The highest BCUT2D eigenvalue weighted by atomic mass is 15.2. The van der Waals surface area contributed by atoms with Gasteiger partial charge in [0.2, 0.25) is 0 Å². The standard InChI is InChI=1S/C81H57B16N3/c1-74(2,3)46-26-32-65-67(34-46)99(48-27-30-55-53-22-14-16-24-57(53)75(4,5)59(55)37-48)69-35-47(77(82,83)84)36-70-73(69)97(65)66-33-29-50(43-68(66)100(70)49-28-31-56-54-23-15-17-25-58(54)76(6,7)60(56)38-49)98(51-39-61(78(85,86)87)71(44-18-10-8-11-19-44)62(40-51)79(88,89)90)52-41-63(80(91,92)93)72(45-20-12-9-13-21-45)64(42-52)81(94,95)96/h8-43H,1-7H3. The molecular weight excluding hydrogens is 1190 g/mol. The zero-order valence-electron chi connectivity index (χ0n) is 57.4. The molecule has 0 amide bonds. The van der Waals surface area contributed by atoms with Crippen LogP contribution in [0.25, 0.3) is 44.5 Å². The lowest BCUT2D eigenvalue weighted by atomic mass is 9.32. The first-order valence-electron chi connectivity index (χ1n) is 33.6. The van der Waals surface area contributed by atoms with E-state index in [0.29, 0.717) is 44.9 Å². The van der Waals surface area contributed by atoms with E-state index in [9.17, 15) is 0 Å². The minimum Gasteiger partial charge on any atom is -0.311 e. The quantitative estimate of drug-likeness (QED) is 0.113. The molecule has 15 rings (SSSR count). The highest BCUT2D eigenvalue weighted by Crippen LogP contribution is 2.56. The van der Waals surface area contributed by atoms with Crippen molar-refractivity contribution in [2.75, 3.05) is 14.7 Å². The number of hydrogen-bond acceptors (Lipinski definition) is 3. The Balaban J connectivity index is 1.07. The molecule has 11 aromatic rings. The zero-order valence-corrected chi connectivity index (χ0v) is 57.4. The third-order valence-electron chi connectivity index (χ3n) is 21.1. The number of fused-ring (bicyclic) bond motifs is 10. The maximum Gasteiger partial charge on any atom is 0.252 e. The summed E-state index contributed by atoms with van der Waals surface area (Å²) in [6.07, 6.45) is 0. The second-order valence-electron chi connectivity index (χ2n) is 30.2. The Hall–Kier alpha value is -8.14. The van der Waals surface area contributed by atoms with Gasteiger partial charge in [-0.2, -0.15) is 0 Å². The highest BCUT2D eigenvalue weighted by molar-refractivity contribution is 7.00. The molecule has 2 heterocycles. The van der Waals surface area contributed by atoms with Crippen molar-refractivity contribution in [2.24, 2.45) is 0 Å². The summed E-state index contributed by atoms with van der Waals surface area (Å²) in [5, 5.41) is -10.0. The van der Waals surface area contributed by atoms with Crippen LogP contribution in [-0.2, 0) is 41.8 Å². The lowest BCUT2D eigenvalue weighted by Gasteiger charge is -2.46. The van der Waals surface area contributed by atoms with Crippen LogP contribution in [-0.4, -0.2) is 124 Å². The van der Waals surface area contributed by atoms with Crippen LogP contribution < -0.4 is 31.1 Å². The highest BCUT2D eigenvalue weighted by Gasteiger charge is 2.47. The largest absolute Gasteiger partial charge is 0.311 e. The Morgan fingerprint density at radius 2 is 0.680 bits per heavy atom. The molecule has 19 heteroatoms. The first kappa shape index (κ1) is 67.7. The van der Waals surface area contributed by atoms with Gasteiger partial charge in [-0.25, -0.2) is 0 Å². The van der Waals surface area contributed by atoms with Gasteiger partial charge in [0.25, 0.3) is 6.71 Å². The van der Waals surface area contributed by atoms with E-state index >= 15 is 0 Å². The summed E-state index contributed by atoms with van der Waals surface area (Å²) in [5.74, 6) is 0. The van der Waals surface area contributed by atoms with Gasteiger partial charge in [-0.3, -0.25) is 0 Å². The first-order chi connectivity index (χ1) is 46.9. The molecular formula is C81H57B16N3. The minimum atomic E-state index is -2.05. The van der Waals surface area contributed by atoms with E-state index < -0.39 is 37.7 Å². The number of nitrogens with zero attached hydrogens (tertiary/aromatic N) is 3. The van der Waals surface area contributed by atoms with Crippen molar-refractivity contribution in [3.05, 3.63) is 274 Å². The van der Waals surface area contributed by atoms with Crippen LogP contribution in [0.3, 0.4) is 0 Å². The molecule has 0 saturated carbocycles. The van der Waals surface area contributed by atoms with E-state index in [2.05, 4.69) is 186 Å². The minimum absolute atomic E-state index is 0.235. The number of hydrogen-bond donors (Lipinski definition) is 0. The molecule has 30 radical (unpaired) electrons. The fraction of sp³-hybridized carbons (Fsp3) is 0.185. The molecule has 0 saturated heterocycles. The fourth-order valence-corrected chi connectivity index (χ4v) is 16.2. The molecule has 0 fully saturated rings. The maximum atomic E-state index is 7.08. The SMILES string of the molecule is [B]C([B])([B])c1cc2c3c(c1)N(c1ccc4c(c1)C(C)(C)c1ccccc1-4)c1cc(C(C)(C)C)ccc1B3c1ccc(N(c3cc(C([B])([B])[B])c(-c4ccccc4)c(C([B])([B])[B])c3)c3cc(C([B])([B])[B])c(-c4ccccc4)c(C([B])([B])[B])c3)cc1N2c1ccc2c(c1)C(C)(C)c1ccccc1-2. The molecule has 11 aromatic carbocycles. The van der Waals surface area contributed by atoms with Crippen molar-refractivity contribution in [1.82, 2.24) is 0 Å². The summed E-state index contributed by atoms with van der Waals surface area (Å²) in [4.78, 5) is 6.61. The van der Waals surface area contributed by atoms with Gasteiger partial charge in [0, 0.05) is 62.0 Å². The van der Waals surface area contributed by atoms with Crippen molar-refractivity contribution in [1.29, 1.82) is 0 Å². The van der Waals surface area contributed by atoms with Crippen LogP contribution in [0.2, 0.25) is 0 Å². The summed E-state index contributed by atoms with van der Waals surface area (Å²) in [6, 6.07) is 74.1. The van der Waals surface area contributed by atoms with E-state index in [-0.39, 0.29) is 33.1 Å². The Labute approximate surface area is 611 Å². The second-order valence-corrected chi connectivity index (χ2v) is 30.2. The van der Waals surface area contributed by atoms with E-state index in [1.807, 2.05) is 71.6 Å². The monoisotopic (exact) mass is 1250 g/mol. The van der Waals surface area contributed by atoms with Crippen LogP contribution in [0.1, 0.15) is 104 Å². The van der Waals surface area contributed by atoms with Crippen molar-refractivity contribution in [3.63, 3.8) is 0 Å².